The summed E-state index contributed by atoms with van der Waals surface area (Å²) in [7, 11) is -2.09. The molecule has 0 radical (unpaired) electrons. The first-order valence-electron chi connectivity index (χ1n) is 8.98. The van der Waals surface area contributed by atoms with E-state index in [0.29, 0.717) is 18.8 Å². The lowest BCUT2D eigenvalue weighted by molar-refractivity contribution is -0.122. The number of nitrogens with zero attached hydrogens (tertiary/aromatic N) is 2. The zero-order valence-electron chi connectivity index (χ0n) is 16.4. The van der Waals surface area contributed by atoms with E-state index < -0.39 is 22.0 Å². The number of aryl methyl sites for hydroxylation is 1. The SMILES string of the molecule is CCN(CC)S(=O)(=O)c1cc(C(=O)NC(C)C(=O)NCc2ccco2)n(C)c1. The van der Waals surface area contributed by atoms with Crippen LogP contribution < -0.4 is 10.6 Å². The molecule has 2 aromatic heterocycles. The van der Waals surface area contributed by atoms with Crippen LogP contribution in [0.4, 0.5) is 0 Å². The quantitative estimate of drug-likeness (QED) is 0.642. The number of carbonyl (C=O) groups excluding carboxylic acids is 2. The van der Waals surface area contributed by atoms with E-state index in [2.05, 4.69) is 10.6 Å². The Bertz CT molecular complexity index is 914. The van der Waals surface area contributed by atoms with Crippen LogP contribution in [0, 0.1) is 0 Å². The van der Waals surface area contributed by atoms with Crippen molar-refractivity contribution in [2.24, 2.45) is 7.05 Å². The van der Waals surface area contributed by atoms with E-state index in [1.54, 1.807) is 40.0 Å². The van der Waals surface area contributed by atoms with Crippen molar-refractivity contribution >= 4 is 21.8 Å². The van der Waals surface area contributed by atoms with E-state index in [1.807, 2.05) is 0 Å². The Kier molecular flexibility index (Phi) is 7.03. The van der Waals surface area contributed by atoms with Gasteiger partial charge in [0, 0.05) is 26.3 Å². The van der Waals surface area contributed by atoms with Crippen molar-refractivity contribution in [3.05, 3.63) is 42.1 Å². The van der Waals surface area contributed by atoms with E-state index in [0.717, 1.165) is 0 Å². The first-order valence-corrected chi connectivity index (χ1v) is 10.4. The molecule has 0 aliphatic heterocycles. The molecule has 2 heterocycles. The highest BCUT2D eigenvalue weighted by Gasteiger charge is 2.26. The molecule has 0 aliphatic carbocycles. The second-order valence-electron chi connectivity index (χ2n) is 6.25. The highest BCUT2D eigenvalue weighted by molar-refractivity contribution is 7.89. The molecule has 0 aromatic carbocycles. The Morgan fingerprint density at radius 2 is 1.96 bits per heavy atom. The standard InChI is InChI=1S/C18H26N4O5S/c1-5-22(6-2)28(25,26)15-10-16(21(4)12-15)18(24)20-13(3)17(23)19-11-14-8-7-9-27-14/h7-10,12-13H,5-6,11H2,1-4H3,(H,19,23)(H,20,24). The molecular weight excluding hydrogens is 384 g/mol. The van der Waals surface area contributed by atoms with Crippen molar-refractivity contribution in [1.29, 1.82) is 0 Å². The van der Waals surface area contributed by atoms with Crippen molar-refractivity contribution in [2.75, 3.05) is 13.1 Å². The zero-order valence-corrected chi connectivity index (χ0v) is 17.2. The second-order valence-corrected chi connectivity index (χ2v) is 8.19. The number of sulfonamides is 1. The third-order valence-corrected chi connectivity index (χ3v) is 6.33. The molecule has 0 saturated heterocycles. The summed E-state index contributed by atoms with van der Waals surface area (Å²) in [6, 6.07) is 3.95. The third kappa shape index (κ3) is 4.82. The molecule has 28 heavy (non-hydrogen) atoms. The number of amides is 2. The maximum atomic E-state index is 12.6. The molecule has 0 saturated carbocycles. The number of nitrogens with one attached hydrogen (secondary N) is 2. The first kappa shape index (κ1) is 21.7. The lowest BCUT2D eigenvalue weighted by Gasteiger charge is -2.17. The van der Waals surface area contributed by atoms with Gasteiger partial charge in [0.25, 0.3) is 5.91 Å². The van der Waals surface area contributed by atoms with Gasteiger partial charge in [-0.15, -0.1) is 0 Å². The largest absolute Gasteiger partial charge is 0.467 e. The predicted molar refractivity (Wildman–Crippen MR) is 103 cm³/mol. The molecule has 1 atom stereocenters. The summed E-state index contributed by atoms with van der Waals surface area (Å²) in [5.74, 6) is -0.320. The van der Waals surface area contributed by atoms with Gasteiger partial charge in [0.2, 0.25) is 15.9 Å². The summed E-state index contributed by atoms with van der Waals surface area (Å²) in [5.41, 5.74) is 0.149. The summed E-state index contributed by atoms with van der Waals surface area (Å²) in [4.78, 5) is 24.7. The average Bonchev–Trinajstić information content (AvgIpc) is 3.30. The minimum atomic E-state index is -3.67. The van der Waals surface area contributed by atoms with Crippen molar-refractivity contribution in [3.63, 3.8) is 0 Å². The molecule has 2 rings (SSSR count). The minimum Gasteiger partial charge on any atom is -0.467 e. The predicted octanol–water partition coefficient (Wildman–Crippen LogP) is 1.08. The molecule has 2 N–H and O–H groups in total. The Labute approximate surface area is 164 Å². The monoisotopic (exact) mass is 410 g/mol. The topological polar surface area (TPSA) is 114 Å². The van der Waals surface area contributed by atoms with Gasteiger partial charge in [0.15, 0.2) is 0 Å². The number of aromatic nitrogens is 1. The van der Waals surface area contributed by atoms with Crippen LogP contribution in [0.5, 0.6) is 0 Å². The van der Waals surface area contributed by atoms with Crippen molar-refractivity contribution < 1.29 is 22.4 Å². The summed E-state index contributed by atoms with van der Waals surface area (Å²) >= 11 is 0. The van der Waals surface area contributed by atoms with Crippen LogP contribution in [-0.2, 0) is 28.4 Å². The first-order chi connectivity index (χ1) is 13.2. The Hall–Kier alpha value is -2.59. The highest BCUT2D eigenvalue weighted by Crippen LogP contribution is 2.18. The number of carbonyl (C=O) groups is 2. The van der Waals surface area contributed by atoms with Gasteiger partial charge in [-0.3, -0.25) is 9.59 Å². The maximum absolute atomic E-state index is 12.6. The maximum Gasteiger partial charge on any atom is 0.268 e. The molecule has 2 amide bonds. The van der Waals surface area contributed by atoms with E-state index in [1.165, 1.54) is 27.4 Å². The van der Waals surface area contributed by atoms with E-state index >= 15 is 0 Å². The number of furan rings is 1. The van der Waals surface area contributed by atoms with Gasteiger partial charge < -0.3 is 19.6 Å². The van der Waals surface area contributed by atoms with Crippen LogP contribution in [0.2, 0.25) is 0 Å². The van der Waals surface area contributed by atoms with Crippen LogP contribution in [0.3, 0.4) is 0 Å². The minimum absolute atomic E-state index is 0.0405. The number of rotatable bonds is 9. The summed E-state index contributed by atoms with van der Waals surface area (Å²) < 4.78 is 33.1. The van der Waals surface area contributed by atoms with Gasteiger partial charge in [-0.1, -0.05) is 13.8 Å². The molecule has 9 nitrogen and oxygen atoms in total. The van der Waals surface area contributed by atoms with Crippen LogP contribution in [0.15, 0.2) is 40.0 Å². The van der Waals surface area contributed by atoms with Gasteiger partial charge in [0.1, 0.15) is 22.4 Å². The Morgan fingerprint density at radius 1 is 1.29 bits per heavy atom. The third-order valence-electron chi connectivity index (χ3n) is 4.31. The molecule has 2 aromatic rings. The van der Waals surface area contributed by atoms with Gasteiger partial charge >= 0.3 is 0 Å². The lowest BCUT2D eigenvalue weighted by atomic mass is 10.3. The van der Waals surface area contributed by atoms with Gasteiger partial charge in [0.05, 0.1) is 12.8 Å². The molecule has 1 unspecified atom stereocenters. The number of hydrogen-bond acceptors (Lipinski definition) is 5. The highest BCUT2D eigenvalue weighted by atomic mass is 32.2. The van der Waals surface area contributed by atoms with E-state index in [9.17, 15) is 18.0 Å². The zero-order chi connectivity index (χ0) is 20.9. The van der Waals surface area contributed by atoms with E-state index in [4.69, 9.17) is 4.42 Å². The summed E-state index contributed by atoms with van der Waals surface area (Å²) in [5, 5.41) is 5.24. The second kappa shape index (κ2) is 9.07. The fraction of sp³-hybridized carbons (Fsp3) is 0.444. The van der Waals surface area contributed by atoms with Crippen LogP contribution in [0.1, 0.15) is 37.0 Å². The molecule has 0 fully saturated rings. The molecule has 154 valence electrons. The van der Waals surface area contributed by atoms with E-state index in [-0.39, 0.29) is 23.0 Å². The average molecular weight is 410 g/mol. The Morgan fingerprint density at radius 3 is 2.54 bits per heavy atom. The molecule has 0 spiro atoms. The van der Waals surface area contributed by atoms with Gasteiger partial charge in [-0.05, 0) is 25.1 Å². The number of hydrogen-bond donors (Lipinski definition) is 2. The van der Waals surface area contributed by atoms with Crippen LogP contribution in [-0.4, -0.2) is 48.2 Å². The Balaban J connectivity index is 2.06. The molecule has 10 heteroatoms. The smallest absolute Gasteiger partial charge is 0.268 e. The fourth-order valence-electron chi connectivity index (χ4n) is 2.69. The normalized spacial score (nSPS) is 12.8. The van der Waals surface area contributed by atoms with Gasteiger partial charge in [-0.25, -0.2) is 8.42 Å². The molecule has 0 aliphatic rings. The fourth-order valence-corrected chi connectivity index (χ4v) is 4.22. The van der Waals surface area contributed by atoms with Crippen LogP contribution in [0.25, 0.3) is 0 Å². The molecule has 0 bridgehead atoms. The van der Waals surface area contributed by atoms with Crippen LogP contribution >= 0.6 is 0 Å². The van der Waals surface area contributed by atoms with Crippen molar-refractivity contribution in [3.8, 4) is 0 Å². The van der Waals surface area contributed by atoms with Crippen molar-refractivity contribution in [2.45, 2.75) is 38.3 Å². The molecular formula is C18H26N4O5S. The lowest BCUT2D eigenvalue weighted by Crippen LogP contribution is -2.44. The summed E-state index contributed by atoms with van der Waals surface area (Å²) in [6.07, 6.45) is 2.90. The van der Waals surface area contributed by atoms with Gasteiger partial charge in [-0.2, -0.15) is 4.31 Å². The van der Waals surface area contributed by atoms with Crippen molar-refractivity contribution in [1.82, 2.24) is 19.5 Å². The summed E-state index contributed by atoms with van der Waals surface area (Å²) in [6.45, 7) is 5.93.